The number of ether oxygens (including phenoxy) is 1. The van der Waals surface area contributed by atoms with E-state index in [1.165, 1.54) is 12.1 Å². The third-order valence-electron chi connectivity index (χ3n) is 2.64. The second-order valence-electron chi connectivity index (χ2n) is 4.33. The quantitative estimate of drug-likeness (QED) is 0.642. The second kappa shape index (κ2) is 7.08. The molecule has 2 aromatic carbocycles. The van der Waals surface area contributed by atoms with Crippen LogP contribution in [-0.4, -0.2) is 19.1 Å². The molecule has 2 rings (SSSR count). The maximum Gasteiger partial charge on any atom is 0.251 e. The molecule has 21 heavy (non-hydrogen) atoms. The largest absolute Gasteiger partial charge is 0.492 e. The lowest BCUT2D eigenvalue weighted by atomic mass is 10.2. The number of nitrogens with one attached hydrogen (secondary N) is 1. The van der Waals surface area contributed by atoms with E-state index in [4.69, 9.17) is 10.5 Å². The molecule has 0 spiro atoms. The highest BCUT2D eigenvalue weighted by molar-refractivity contribution is 9.10. The first-order valence-electron chi connectivity index (χ1n) is 6.27. The van der Waals surface area contributed by atoms with Crippen LogP contribution in [-0.2, 0) is 0 Å². The van der Waals surface area contributed by atoms with Crippen LogP contribution in [0.1, 0.15) is 10.4 Å². The molecule has 0 aliphatic heterocycles. The summed E-state index contributed by atoms with van der Waals surface area (Å²) in [5.74, 6) is -0.185. The summed E-state index contributed by atoms with van der Waals surface area (Å²) in [4.78, 5) is 11.8. The van der Waals surface area contributed by atoms with Gasteiger partial charge < -0.3 is 15.8 Å². The molecule has 1 amide bonds. The number of carbonyl (C=O) groups is 1. The highest BCUT2D eigenvalue weighted by Crippen LogP contribution is 2.15. The molecule has 0 radical (unpaired) electrons. The van der Waals surface area contributed by atoms with Crippen LogP contribution in [0.5, 0.6) is 5.75 Å². The van der Waals surface area contributed by atoms with Gasteiger partial charge in [0.25, 0.3) is 5.91 Å². The van der Waals surface area contributed by atoms with Gasteiger partial charge in [-0.25, -0.2) is 4.39 Å². The normalized spacial score (nSPS) is 10.2. The number of carbonyl (C=O) groups excluding carboxylic acids is 1. The van der Waals surface area contributed by atoms with E-state index < -0.39 is 5.82 Å². The number of hydrogen-bond donors (Lipinski definition) is 2. The second-order valence-corrected chi connectivity index (χ2v) is 5.25. The molecule has 0 fully saturated rings. The molecule has 3 N–H and O–H groups in total. The molecule has 110 valence electrons. The van der Waals surface area contributed by atoms with E-state index in [0.29, 0.717) is 29.1 Å². The van der Waals surface area contributed by atoms with Crippen LogP contribution < -0.4 is 15.8 Å². The van der Waals surface area contributed by atoms with Gasteiger partial charge in [0.15, 0.2) is 0 Å². The van der Waals surface area contributed by atoms with Crippen molar-refractivity contribution >= 4 is 27.5 Å². The molecule has 0 saturated heterocycles. The fourth-order valence-electron chi connectivity index (χ4n) is 1.72. The first-order valence-corrected chi connectivity index (χ1v) is 7.06. The summed E-state index contributed by atoms with van der Waals surface area (Å²) in [6, 6.07) is 11.0. The van der Waals surface area contributed by atoms with Gasteiger partial charge in [-0.3, -0.25) is 4.79 Å². The van der Waals surface area contributed by atoms with Gasteiger partial charge in [-0.1, -0.05) is 22.0 Å². The van der Waals surface area contributed by atoms with Crippen LogP contribution in [0.15, 0.2) is 46.9 Å². The molecule has 2 aromatic rings. The van der Waals surface area contributed by atoms with E-state index in [1.54, 1.807) is 30.3 Å². The van der Waals surface area contributed by atoms with Gasteiger partial charge in [-0.15, -0.1) is 0 Å². The van der Waals surface area contributed by atoms with Gasteiger partial charge in [-0.05, 0) is 30.3 Å². The summed E-state index contributed by atoms with van der Waals surface area (Å²) in [6.45, 7) is 0.605. The molecule has 0 aliphatic carbocycles. The Bertz CT molecular complexity index is 629. The minimum atomic E-state index is -0.467. The third-order valence-corrected chi connectivity index (χ3v) is 3.10. The number of rotatable bonds is 5. The van der Waals surface area contributed by atoms with Crippen molar-refractivity contribution in [3.05, 3.63) is 58.3 Å². The van der Waals surface area contributed by atoms with Crippen molar-refractivity contribution in [2.45, 2.75) is 0 Å². The Morgan fingerprint density at radius 3 is 2.81 bits per heavy atom. The van der Waals surface area contributed by atoms with E-state index in [2.05, 4.69) is 21.2 Å². The summed E-state index contributed by atoms with van der Waals surface area (Å²) in [5, 5.41) is 2.66. The zero-order chi connectivity index (χ0) is 15.2. The average molecular weight is 353 g/mol. The van der Waals surface area contributed by atoms with E-state index in [1.807, 2.05) is 0 Å². The number of nitrogens with two attached hydrogens (primary N) is 1. The topological polar surface area (TPSA) is 64.3 Å². The standard InChI is InChI=1S/C15H14BrFN2O2/c16-11-6-10(7-12(17)8-11)15(20)19-4-5-21-14-3-1-2-13(18)9-14/h1-3,6-9H,4-5,18H2,(H,19,20). The highest BCUT2D eigenvalue weighted by atomic mass is 79.9. The molecule has 0 saturated carbocycles. The number of halogens is 2. The lowest BCUT2D eigenvalue weighted by molar-refractivity contribution is 0.0946. The monoisotopic (exact) mass is 352 g/mol. The van der Waals surface area contributed by atoms with Crippen molar-refractivity contribution in [2.75, 3.05) is 18.9 Å². The van der Waals surface area contributed by atoms with Crippen molar-refractivity contribution in [3.8, 4) is 5.75 Å². The Labute approximate surface area is 130 Å². The smallest absolute Gasteiger partial charge is 0.251 e. The minimum absolute atomic E-state index is 0.255. The fraction of sp³-hybridized carbons (Fsp3) is 0.133. The predicted octanol–water partition coefficient (Wildman–Crippen LogP) is 2.98. The van der Waals surface area contributed by atoms with E-state index >= 15 is 0 Å². The van der Waals surface area contributed by atoms with Crippen LogP contribution >= 0.6 is 15.9 Å². The molecular weight excluding hydrogens is 339 g/mol. The molecule has 6 heteroatoms. The third kappa shape index (κ3) is 4.75. The Morgan fingerprint density at radius 1 is 1.29 bits per heavy atom. The lowest BCUT2D eigenvalue weighted by Crippen LogP contribution is -2.28. The van der Waals surface area contributed by atoms with Gasteiger partial charge in [0, 0.05) is 21.8 Å². The summed E-state index contributed by atoms with van der Waals surface area (Å²) in [6.07, 6.45) is 0. The molecule has 0 atom stereocenters. The van der Waals surface area contributed by atoms with Crippen molar-refractivity contribution in [2.24, 2.45) is 0 Å². The van der Waals surface area contributed by atoms with Gasteiger partial charge in [-0.2, -0.15) is 0 Å². The predicted molar refractivity (Wildman–Crippen MR) is 82.8 cm³/mol. The zero-order valence-corrected chi connectivity index (χ0v) is 12.7. The van der Waals surface area contributed by atoms with Gasteiger partial charge >= 0.3 is 0 Å². The fourth-order valence-corrected chi connectivity index (χ4v) is 2.19. The van der Waals surface area contributed by atoms with Crippen molar-refractivity contribution in [1.29, 1.82) is 0 Å². The summed E-state index contributed by atoms with van der Waals surface area (Å²) < 4.78 is 19.1. The molecule has 4 nitrogen and oxygen atoms in total. The highest BCUT2D eigenvalue weighted by Gasteiger charge is 2.07. The molecular formula is C15H14BrFN2O2. The van der Waals surface area contributed by atoms with Crippen molar-refractivity contribution in [1.82, 2.24) is 5.32 Å². The number of amides is 1. The summed E-state index contributed by atoms with van der Waals surface area (Å²) >= 11 is 3.14. The summed E-state index contributed by atoms with van der Waals surface area (Å²) in [7, 11) is 0. The van der Waals surface area contributed by atoms with E-state index in [9.17, 15) is 9.18 Å². The number of nitrogen functional groups attached to an aromatic ring is 1. The number of hydrogen-bond acceptors (Lipinski definition) is 3. The van der Waals surface area contributed by atoms with Crippen LogP contribution in [0, 0.1) is 5.82 Å². The van der Waals surface area contributed by atoms with Crippen LogP contribution in [0.2, 0.25) is 0 Å². The summed E-state index contributed by atoms with van der Waals surface area (Å²) in [5.41, 5.74) is 6.49. The van der Waals surface area contributed by atoms with Gasteiger partial charge in [0.05, 0.1) is 6.54 Å². The molecule has 0 aliphatic rings. The molecule has 0 heterocycles. The van der Waals surface area contributed by atoms with Crippen LogP contribution in [0.3, 0.4) is 0 Å². The first kappa shape index (κ1) is 15.3. The maximum atomic E-state index is 13.2. The van der Waals surface area contributed by atoms with E-state index in [0.717, 1.165) is 0 Å². The Kier molecular flexibility index (Phi) is 5.16. The lowest BCUT2D eigenvalue weighted by Gasteiger charge is -2.08. The van der Waals surface area contributed by atoms with Crippen molar-refractivity contribution in [3.63, 3.8) is 0 Å². The Hall–Kier alpha value is -2.08. The van der Waals surface area contributed by atoms with Crippen LogP contribution in [0.4, 0.5) is 10.1 Å². The molecule has 0 bridgehead atoms. The molecule has 0 unspecified atom stereocenters. The van der Waals surface area contributed by atoms with E-state index in [-0.39, 0.29) is 11.5 Å². The maximum absolute atomic E-state index is 13.2. The number of benzene rings is 2. The Morgan fingerprint density at radius 2 is 2.10 bits per heavy atom. The Balaban J connectivity index is 1.82. The zero-order valence-electron chi connectivity index (χ0n) is 11.1. The minimum Gasteiger partial charge on any atom is -0.492 e. The van der Waals surface area contributed by atoms with Gasteiger partial charge in [0.1, 0.15) is 18.2 Å². The van der Waals surface area contributed by atoms with Crippen LogP contribution in [0.25, 0.3) is 0 Å². The van der Waals surface area contributed by atoms with Gasteiger partial charge in [0.2, 0.25) is 0 Å². The number of anilines is 1. The molecule has 0 aromatic heterocycles. The first-order chi connectivity index (χ1) is 10.0. The average Bonchev–Trinajstić information content (AvgIpc) is 2.42. The van der Waals surface area contributed by atoms with Crippen molar-refractivity contribution < 1.29 is 13.9 Å². The SMILES string of the molecule is Nc1cccc(OCCNC(=O)c2cc(F)cc(Br)c2)c1.